The van der Waals surface area contributed by atoms with Crippen LogP contribution in [0.2, 0.25) is 0 Å². The van der Waals surface area contributed by atoms with Crippen LogP contribution < -0.4 is 5.32 Å². The van der Waals surface area contributed by atoms with Gasteiger partial charge >= 0.3 is 12.3 Å². The molecule has 0 aromatic heterocycles. The summed E-state index contributed by atoms with van der Waals surface area (Å²) >= 11 is 0. The van der Waals surface area contributed by atoms with Gasteiger partial charge in [-0.15, -0.1) is 0 Å². The predicted octanol–water partition coefficient (Wildman–Crippen LogP) is 2.99. The number of halogens is 3. The lowest BCUT2D eigenvalue weighted by Gasteiger charge is -2.08. The van der Waals surface area contributed by atoms with Crippen LogP contribution in [-0.2, 0) is 17.3 Å². The molecule has 1 N–H and O–H groups in total. The number of ether oxygens (including phenoxy) is 1. The van der Waals surface area contributed by atoms with Crippen LogP contribution in [0.4, 0.5) is 18.0 Å². The summed E-state index contributed by atoms with van der Waals surface area (Å²) in [7, 11) is 0. The van der Waals surface area contributed by atoms with Crippen molar-refractivity contribution in [1.29, 1.82) is 0 Å². The molecule has 0 heterocycles. The van der Waals surface area contributed by atoms with E-state index in [4.69, 9.17) is 0 Å². The highest BCUT2D eigenvalue weighted by molar-refractivity contribution is 5.67. The van der Waals surface area contributed by atoms with E-state index in [2.05, 4.69) is 10.1 Å². The topological polar surface area (TPSA) is 38.3 Å². The molecule has 1 aromatic carbocycles. The predicted molar refractivity (Wildman–Crippen MR) is 60.2 cm³/mol. The second-order valence-corrected chi connectivity index (χ2v) is 3.59. The fourth-order valence-corrected chi connectivity index (χ4v) is 1.35. The molecule has 100 valence electrons. The van der Waals surface area contributed by atoms with Gasteiger partial charge in [0.25, 0.3) is 0 Å². The van der Waals surface area contributed by atoms with Gasteiger partial charge in [0.05, 0.1) is 12.2 Å². The summed E-state index contributed by atoms with van der Waals surface area (Å²) < 4.78 is 41.5. The van der Waals surface area contributed by atoms with Crippen molar-refractivity contribution in [2.24, 2.45) is 0 Å². The highest BCUT2D eigenvalue weighted by Gasteiger charge is 2.29. The number of benzene rings is 1. The minimum Gasteiger partial charge on any atom is -0.450 e. The summed E-state index contributed by atoms with van der Waals surface area (Å²) in [4.78, 5) is 10.9. The zero-order valence-corrected chi connectivity index (χ0v) is 9.88. The number of carbonyl (C=O) groups is 1. The fourth-order valence-electron chi connectivity index (χ4n) is 1.35. The maximum absolute atomic E-state index is 12.3. The minimum atomic E-state index is -4.32. The van der Waals surface area contributed by atoms with Gasteiger partial charge in [-0.25, -0.2) is 4.79 Å². The van der Waals surface area contributed by atoms with Crippen molar-refractivity contribution < 1.29 is 22.7 Å². The Balaban J connectivity index is 2.42. The second-order valence-electron chi connectivity index (χ2n) is 3.59. The SMILES string of the molecule is CCO[14C](=O)N[14CH2]Cc1ccc(C(F)(F)F)cc1. The first kappa shape index (κ1) is 14.3. The summed E-state index contributed by atoms with van der Waals surface area (Å²) in [5.74, 6) is 0. The summed E-state index contributed by atoms with van der Waals surface area (Å²) in [6.07, 6.45) is -4.39. The van der Waals surface area contributed by atoms with E-state index in [1.54, 1.807) is 6.92 Å². The quantitative estimate of drug-likeness (QED) is 0.908. The molecule has 0 aliphatic carbocycles. The molecule has 1 rings (SSSR count). The van der Waals surface area contributed by atoms with Gasteiger partial charge < -0.3 is 10.1 Å². The monoisotopic (exact) mass is 265 g/mol. The number of amides is 1. The summed E-state index contributed by atoms with van der Waals surface area (Å²) in [6.45, 7) is 2.30. The summed E-state index contributed by atoms with van der Waals surface area (Å²) in [5.41, 5.74) is 0.0457. The number of nitrogens with one attached hydrogen (secondary N) is 1. The van der Waals surface area contributed by atoms with E-state index in [0.29, 0.717) is 13.0 Å². The Hall–Kier alpha value is -1.72. The minimum absolute atomic E-state index is 0.284. The molecule has 0 aliphatic rings. The average molecular weight is 265 g/mol. The molecular weight excluding hydrogens is 251 g/mol. The summed E-state index contributed by atoms with van der Waals surface area (Å²) in [5, 5.41) is 2.49. The number of alkyl carbamates (subject to hydrolysis) is 1. The smallest absolute Gasteiger partial charge is 0.416 e. The van der Waals surface area contributed by atoms with E-state index < -0.39 is 17.8 Å². The third-order valence-electron chi connectivity index (χ3n) is 2.24. The molecule has 0 atom stereocenters. The Kier molecular flexibility index (Phi) is 5.00. The maximum atomic E-state index is 12.3. The normalized spacial score (nSPS) is 11.1. The Bertz CT molecular complexity index is 387. The lowest BCUT2D eigenvalue weighted by molar-refractivity contribution is -0.137. The van der Waals surface area contributed by atoms with E-state index in [9.17, 15) is 18.0 Å². The Morgan fingerprint density at radius 1 is 1.33 bits per heavy atom. The van der Waals surface area contributed by atoms with Gasteiger partial charge in [0.1, 0.15) is 0 Å². The first-order valence-corrected chi connectivity index (χ1v) is 5.50. The molecule has 18 heavy (non-hydrogen) atoms. The molecule has 3 nitrogen and oxygen atoms in total. The van der Waals surface area contributed by atoms with Crippen molar-refractivity contribution in [3.05, 3.63) is 35.4 Å². The first-order valence-electron chi connectivity index (χ1n) is 5.50. The van der Waals surface area contributed by atoms with Crippen LogP contribution in [0.1, 0.15) is 18.1 Å². The zero-order chi connectivity index (χ0) is 13.6. The van der Waals surface area contributed by atoms with Crippen molar-refractivity contribution >= 4 is 6.09 Å². The van der Waals surface area contributed by atoms with Gasteiger partial charge in [0, 0.05) is 6.54 Å². The Morgan fingerprint density at radius 2 is 1.94 bits per heavy atom. The molecule has 0 bridgehead atoms. The fraction of sp³-hybridized carbons (Fsp3) is 0.417. The molecule has 6 heteroatoms. The average Bonchev–Trinajstić information content (AvgIpc) is 2.29. The highest BCUT2D eigenvalue weighted by atomic mass is 19.4. The van der Waals surface area contributed by atoms with E-state index >= 15 is 0 Å². The van der Waals surface area contributed by atoms with E-state index in [0.717, 1.165) is 17.7 Å². The van der Waals surface area contributed by atoms with Crippen molar-refractivity contribution in [1.82, 2.24) is 5.32 Å². The molecular formula is C12H14F3NO2. The van der Waals surface area contributed by atoms with Crippen LogP contribution in [-0.4, -0.2) is 19.2 Å². The second kappa shape index (κ2) is 6.28. The molecule has 0 fully saturated rings. The van der Waals surface area contributed by atoms with Crippen molar-refractivity contribution in [3.63, 3.8) is 0 Å². The lowest BCUT2D eigenvalue weighted by Crippen LogP contribution is -2.26. The molecule has 0 radical (unpaired) electrons. The van der Waals surface area contributed by atoms with Gasteiger partial charge in [0.2, 0.25) is 0 Å². The lowest BCUT2D eigenvalue weighted by atomic mass is 10.1. The number of hydrogen-bond acceptors (Lipinski definition) is 2. The maximum Gasteiger partial charge on any atom is 0.416 e. The van der Waals surface area contributed by atoms with Gasteiger partial charge in [-0.2, -0.15) is 13.2 Å². The number of alkyl halides is 3. The van der Waals surface area contributed by atoms with Crippen LogP contribution in [0.3, 0.4) is 0 Å². The highest BCUT2D eigenvalue weighted by Crippen LogP contribution is 2.29. The third kappa shape index (κ3) is 4.65. The largest absolute Gasteiger partial charge is 0.450 e. The van der Waals surface area contributed by atoms with Gasteiger partial charge in [-0.3, -0.25) is 0 Å². The molecule has 1 aromatic rings. The van der Waals surface area contributed by atoms with Gasteiger partial charge in [-0.1, -0.05) is 12.1 Å². The molecule has 1 amide bonds. The standard InChI is InChI=1S/C12H14F3NO2/c1-2-18-11(17)16-8-7-9-3-5-10(6-4-9)12(13,14)15/h3-6H,2,7-8H2,1H3,(H,16,17)/i8+2,11+2. The van der Waals surface area contributed by atoms with Crippen LogP contribution in [0.15, 0.2) is 24.3 Å². The van der Waals surface area contributed by atoms with E-state index in [1.165, 1.54) is 12.1 Å². The van der Waals surface area contributed by atoms with Gasteiger partial charge in [-0.05, 0) is 31.0 Å². The van der Waals surface area contributed by atoms with E-state index in [-0.39, 0.29) is 6.61 Å². The summed E-state index contributed by atoms with van der Waals surface area (Å²) in [6, 6.07) is 4.85. The van der Waals surface area contributed by atoms with Crippen LogP contribution in [0.5, 0.6) is 0 Å². The Labute approximate surface area is 103 Å². The van der Waals surface area contributed by atoms with Crippen LogP contribution in [0, 0.1) is 0 Å². The third-order valence-corrected chi connectivity index (χ3v) is 2.24. The van der Waals surface area contributed by atoms with Gasteiger partial charge in [0.15, 0.2) is 0 Å². The molecule has 0 unspecified atom stereocenters. The zero-order valence-electron chi connectivity index (χ0n) is 9.88. The first-order chi connectivity index (χ1) is 8.43. The molecule has 0 aliphatic heterocycles. The number of rotatable bonds is 4. The number of carbonyl (C=O) groups excluding carboxylic acids is 1. The van der Waals surface area contributed by atoms with Crippen LogP contribution >= 0.6 is 0 Å². The van der Waals surface area contributed by atoms with E-state index in [1.807, 2.05) is 0 Å². The van der Waals surface area contributed by atoms with Crippen molar-refractivity contribution in [2.45, 2.75) is 19.5 Å². The number of hydrogen-bond donors (Lipinski definition) is 1. The van der Waals surface area contributed by atoms with Crippen LogP contribution in [0.25, 0.3) is 0 Å². The Morgan fingerprint density at radius 3 is 2.44 bits per heavy atom. The molecule has 0 saturated carbocycles. The molecule has 0 saturated heterocycles. The van der Waals surface area contributed by atoms with Crippen molar-refractivity contribution in [3.8, 4) is 0 Å². The molecule has 0 spiro atoms. The van der Waals surface area contributed by atoms with Crippen molar-refractivity contribution in [2.75, 3.05) is 13.2 Å².